The second-order valence-corrected chi connectivity index (χ2v) is 5.20. The predicted octanol–water partition coefficient (Wildman–Crippen LogP) is 2.71. The molecule has 8 heteroatoms. The fourth-order valence-corrected chi connectivity index (χ4v) is 2.14. The summed E-state index contributed by atoms with van der Waals surface area (Å²) in [5, 5.41) is 0.832. The summed E-state index contributed by atoms with van der Waals surface area (Å²) in [5.74, 6) is 0.402. The standard InChI is InChI=1S/C11H7BrCl2N2O3/c12-9-7(15-11(18)16-10(9)17)4-19-8-2-1-5(13)3-6(8)14/h1-3H,4H2,(H2,15,16,17,18). The average molecular weight is 366 g/mol. The van der Waals surface area contributed by atoms with Crippen molar-refractivity contribution >= 4 is 39.1 Å². The van der Waals surface area contributed by atoms with Gasteiger partial charge in [-0.25, -0.2) is 4.79 Å². The van der Waals surface area contributed by atoms with Crippen LogP contribution in [-0.4, -0.2) is 9.97 Å². The Morgan fingerprint density at radius 3 is 2.63 bits per heavy atom. The van der Waals surface area contributed by atoms with Crippen molar-refractivity contribution in [2.75, 3.05) is 0 Å². The molecule has 0 bridgehead atoms. The van der Waals surface area contributed by atoms with Crippen LogP contribution in [0, 0.1) is 0 Å². The van der Waals surface area contributed by atoms with Crippen LogP contribution < -0.4 is 16.0 Å². The Kier molecular flexibility index (Phi) is 4.34. The number of ether oxygens (including phenoxy) is 1. The van der Waals surface area contributed by atoms with Gasteiger partial charge in [0.15, 0.2) is 0 Å². The van der Waals surface area contributed by atoms with Crippen LogP contribution in [0.1, 0.15) is 5.69 Å². The molecule has 0 atom stereocenters. The van der Waals surface area contributed by atoms with Crippen molar-refractivity contribution in [3.8, 4) is 5.75 Å². The molecule has 19 heavy (non-hydrogen) atoms. The highest BCUT2D eigenvalue weighted by Crippen LogP contribution is 2.28. The van der Waals surface area contributed by atoms with Crippen molar-refractivity contribution in [1.82, 2.24) is 9.97 Å². The van der Waals surface area contributed by atoms with Gasteiger partial charge < -0.3 is 9.72 Å². The van der Waals surface area contributed by atoms with Crippen LogP contribution in [0.2, 0.25) is 10.0 Å². The van der Waals surface area contributed by atoms with Crippen molar-refractivity contribution in [1.29, 1.82) is 0 Å². The molecule has 1 aromatic carbocycles. The molecule has 0 radical (unpaired) electrons. The smallest absolute Gasteiger partial charge is 0.326 e. The molecular formula is C11H7BrCl2N2O3. The number of aromatic amines is 2. The Morgan fingerprint density at radius 2 is 1.95 bits per heavy atom. The first kappa shape index (κ1) is 14.2. The quantitative estimate of drug-likeness (QED) is 0.878. The maximum atomic E-state index is 11.4. The van der Waals surface area contributed by atoms with Crippen molar-refractivity contribution in [3.63, 3.8) is 0 Å². The number of hydrogen-bond acceptors (Lipinski definition) is 3. The van der Waals surface area contributed by atoms with E-state index in [1.807, 2.05) is 0 Å². The molecule has 2 rings (SSSR count). The number of aromatic nitrogens is 2. The van der Waals surface area contributed by atoms with Crippen molar-refractivity contribution in [2.24, 2.45) is 0 Å². The van der Waals surface area contributed by atoms with Gasteiger partial charge in [-0.1, -0.05) is 23.2 Å². The van der Waals surface area contributed by atoms with Crippen molar-refractivity contribution < 1.29 is 4.74 Å². The van der Waals surface area contributed by atoms with E-state index in [1.165, 1.54) is 6.07 Å². The molecule has 5 nitrogen and oxygen atoms in total. The number of H-pyrrole nitrogens is 2. The lowest BCUT2D eigenvalue weighted by atomic mass is 10.3. The van der Waals surface area contributed by atoms with Gasteiger partial charge in [0.25, 0.3) is 5.56 Å². The van der Waals surface area contributed by atoms with Crippen molar-refractivity contribution in [2.45, 2.75) is 6.61 Å². The second kappa shape index (κ2) is 5.81. The predicted molar refractivity (Wildman–Crippen MR) is 76.2 cm³/mol. The third kappa shape index (κ3) is 3.40. The zero-order valence-electron chi connectivity index (χ0n) is 9.30. The maximum absolute atomic E-state index is 11.4. The van der Waals surface area contributed by atoms with Crippen LogP contribution in [0.25, 0.3) is 0 Å². The molecule has 0 saturated heterocycles. The minimum absolute atomic E-state index is 0.0128. The largest absolute Gasteiger partial charge is 0.486 e. The van der Waals surface area contributed by atoms with E-state index >= 15 is 0 Å². The topological polar surface area (TPSA) is 75.0 Å². The van der Waals surface area contributed by atoms with Gasteiger partial charge in [-0.15, -0.1) is 0 Å². The maximum Gasteiger partial charge on any atom is 0.326 e. The molecule has 2 N–H and O–H groups in total. The average Bonchev–Trinajstić information content (AvgIpc) is 2.33. The summed E-state index contributed by atoms with van der Waals surface area (Å²) in [6, 6.07) is 4.76. The summed E-state index contributed by atoms with van der Waals surface area (Å²) < 4.78 is 5.63. The van der Waals surface area contributed by atoms with Crippen LogP contribution >= 0.6 is 39.1 Å². The van der Waals surface area contributed by atoms with E-state index in [0.29, 0.717) is 21.5 Å². The first-order valence-corrected chi connectivity index (χ1v) is 6.61. The Balaban J connectivity index is 2.24. The van der Waals surface area contributed by atoms with Gasteiger partial charge in [0.05, 0.1) is 10.7 Å². The molecule has 0 fully saturated rings. The molecule has 2 aromatic rings. The van der Waals surface area contributed by atoms with Crippen molar-refractivity contribution in [3.05, 3.63) is 59.2 Å². The van der Waals surface area contributed by atoms with E-state index in [9.17, 15) is 9.59 Å². The summed E-state index contributed by atoms with van der Waals surface area (Å²) in [6.45, 7) is -0.0128. The van der Waals surface area contributed by atoms with E-state index in [4.69, 9.17) is 27.9 Å². The third-order valence-electron chi connectivity index (χ3n) is 2.22. The van der Waals surface area contributed by atoms with Gasteiger partial charge in [0.1, 0.15) is 16.8 Å². The second-order valence-electron chi connectivity index (χ2n) is 3.56. The summed E-state index contributed by atoms with van der Waals surface area (Å²) >= 11 is 14.8. The Hall–Kier alpha value is -1.24. The first-order chi connectivity index (χ1) is 8.97. The van der Waals surface area contributed by atoms with Gasteiger partial charge in [-0.3, -0.25) is 9.78 Å². The molecule has 0 spiro atoms. The number of benzene rings is 1. The highest BCUT2D eigenvalue weighted by Gasteiger charge is 2.08. The lowest BCUT2D eigenvalue weighted by Crippen LogP contribution is -2.25. The number of rotatable bonds is 3. The summed E-state index contributed by atoms with van der Waals surface area (Å²) in [6.07, 6.45) is 0. The number of nitrogens with one attached hydrogen (secondary N) is 2. The summed E-state index contributed by atoms with van der Waals surface area (Å²) in [4.78, 5) is 27.1. The van der Waals surface area contributed by atoms with Crippen LogP contribution in [-0.2, 0) is 6.61 Å². The van der Waals surface area contributed by atoms with Gasteiger partial charge >= 0.3 is 5.69 Å². The molecule has 0 saturated carbocycles. The number of hydrogen-bond donors (Lipinski definition) is 2. The van der Waals surface area contributed by atoms with Gasteiger partial charge in [0, 0.05) is 5.02 Å². The van der Waals surface area contributed by atoms with Crippen LogP contribution in [0.5, 0.6) is 5.75 Å². The van der Waals surface area contributed by atoms with Crippen LogP contribution in [0.4, 0.5) is 0 Å². The third-order valence-corrected chi connectivity index (χ3v) is 3.59. The van der Waals surface area contributed by atoms with Gasteiger partial charge in [-0.2, -0.15) is 0 Å². The Labute approximate surface area is 125 Å². The Bertz CT molecular complexity index is 727. The zero-order chi connectivity index (χ0) is 14.0. The highest BCUT2D eigenvalue weighted by atomic mass is 79.9. The van der Waals surface area contributed by atoms with Gasteiger partial charge in [-0.05, 0) is 34.1 Å². The minimum Gasteiger partial charge on any atom is -0.486 e. The molecule has 0 aliphatic carbocycles. The molecule has 100 valence electrons. The van der Waals surface area contributed by atoms with E-state index in [-0.39, 0.29) is 11.1 Å². The molecule has 0 unspecified atom stereocenters. The SMILES string of the molecule is O=c1[nH]c(COc2ccc(Cl)cc2Cl)c(Br)c(=O)[nH]1. The molecular weight excluding hydrogens is 359 g/mol. The van der Waals surface area contributed by atoms with Gasteiger partial charge in [0.2, 0.25) is 0 Å². The van der Waals surface area contributed by atoms with E-state index < -0.39 is 11.2 Å². The monoisotopic (exact) mass is 364 g/mol. The van der Waals surface area contributed by atoms with E-state index in [0.717, 1.165) is 0 Å². The molecule has 0 aliphatic heterocycles. The molecule has 1 heterocycles. The minimum atomic E-state index is -0.603. The van der Waals surface area contributed by atoms with Crippen LogP contribution in [0.3, 0.4) is 0 Å². The highest BCUT2D eigenvalue weighted by molar-refractivity contribution is 9.10. The summed E-state index contributed by atoms with van der Waals surface area (Å²) in [5.41, 5.74) is -0.807. The van der Waals surface area contributed by atoms with E-state index in [1.54, 1.807) is 12.1 Å². The zero-order valence-corrected chi connectivity index (χ0v) is 12.4. The first-order valence-electron chi connectivity index (χ1n) is 5.06. The lowest BCUT2D eigenvalue weighted by molar-refractivity contribution is 0.299. The Morgan fingerprint density at radius 1 is 1.21 bits per heavy atom. The fraction of sp³-hybridized carbons (Fsp3) is 0.0909. The lowest BCUT2D eigenvalue weighted by Gasteiger charge is -2.08. The number of halogens is 3. The summed E-state index contributed by atoms with van der Waals surface area (Å²) in [7, 11) is 0. The molecule has 0 aliphatic rings. The normalized spacial score (nSPS) is 10.5. The van der Waals surface area contributed by atoms with E-state index in [2.05, 4.69) is 25.9 Å². The molecule has 1 aromatic heterocycles. The molecule has 0 amide bonds. The fourth-order valence-electron chi connectivity index (χ4n) is 1.36. The van der Waals surface area contributed by atoms with Crippen LogP contribution in [0.15, 0.2) is 32.3 Å².